The second kappa shape index (κ2) is 6.13. The first-order valence-corrected chi connectivity index (χ1v) is 7.87. The Morgan fingerprint density at radius 2 is 2.15 bits per heavy atom. The van der Waals surface area contributed by atoms with Gasteiger partial charge in [0.2, 0.25) is 6.79 Å². The molecule has 2 aromatic rings. The number of halogens is 1. The van der Waals surface area contributed by atoms with E-state index < -0.39 is 0 Å². The Morgan fingerprint density at radius 3 is 2.90 bits per heavy atom. The molecule has 1 aliphatic rings. The molecule has 0 aliphatic carbocycles. The number of nitrogens with two attached hydrogens (primary N) is 1. The molecule has 6 heteroatoms. The molecule has 2 N–H and O–H groups in total. The Kier molecular flexibility index (Phi) is 4.26. The lowest BCUT2D eigenvalue weighted by Crippen LogP contribution is -2.14. The van der Waals surface area contributed by atoms with E-state index in [1.54, 1.807) is 11.3 Å². The maximum absolute atomic E-state index is 5.90. The summed E-state index contributed by atoms with van der Waals surface area (Å²) in [7, 11) is 0. The van der Waals surface area contributed by atoms with Crippen LogP contribution in [0.4, 0.5) is 0 Å². The van der Waals surface area contributed by atoms with Crippen molar-refractivity contribution in [2.45, 2.75) is 12.7 Å². The largest absolute Gasteiger partial charge is 0.454 e. The lowest BCUT2D eigenvalue weighted by Gasteiger charge is -2.14. The molecule has 1 aromatic heterocycles. The number of benzene rings is 1. The predicted octanol–water partition coefficient (Wildman–Crippen LogP) is 3.46. The van der Waals surface area contributed by atoms with Crippen LogP contribution in [0.25, 0.3) is 0 Å². The second-order valence-corrected chi connectivity index (χ2v) is 6.25. The fourth-order valence-electron chi connectivity index (χ4n) is 1.99. The molecule has 4 nitrogen and oxygen atoms in total. The number of hydrogen-bond donors (Lipinski definition) is 1. The average molecular weight is 356 g/mol. The maximum Gasteiger partial charge on any atom is 0.231 e. The number of ether oxygens (including phenoxy) is 3. The molecule has 0 fully saturated rings. The Hall–Kier alpha value is -1.08. The van der Waals surface area contributed by atoms with Crippen molar-refractivity contribution in [2.75, 3.05) is 13.3 Å². The molecule has 0 amide bonds. The standard InChI is InChI=1S/C14H14BrNO3S/c15-10-4-14(20-7-10)13(5-16)17-6-9-1-2-11-12(3-9)19-8-18-11/h1-4,7,13H,5-6,8,16H2. The van der Waals surface area contributed by atoms with Crippen LogP contribution in [-0.2, 0) is 11.3 Å². The highest BCUT2D eigenvalue weighted by atomic mass is 79.9. The highest BCUT2D eigenvalue weighted by Crippen LogP contribution is 2.33. The van der Waals surface area contributed by atoms with Crippen LogP contribution in [0.3, 0.4) is 0 Å². The lowest BCUT2D eigenvalue weighted by atomic mass is 10.2. The number of hydrogen-bond acceptors (Lipinski definition) is 5. The maximum atomic E-state index is 5.90. The van der Waals surface area contributed by atoms with E-state index in [4.69, 9.17) is 19.9 Å². The van der Waals surface area contributed by atoms with Crippen LogP contribution in [0, 0.1) is 0 Å². The van der Waals surface area contributed by atoms with E-state index in [0.29, 0.717) is 13.2 Å². The molecule has 106 valence electrons. The number of fused-ring (bicyclic) bond motifs is 1. The Labute approximate surface area is 129 Å². The van der Waals surface area contributed by atoms with E-state index >= 15 is 0 Å². The van der Waals surface area contributed by atoms with Gasteiger partial charge in [0, 0.05) is 21.3 Å². The van der Waals surface area contributed by atoms with E-state index in [0.717, 1.165) is 26.4 Å². The van der Waals surface area contributed by atoms with Gasteiger partial charge in [0.25, 0.3) is 0 Å². The van der Waals surface area contributed by atoms with Crippen LogP contribution in [0.1, 0.15) is 16.5 Å². The lowest BCUT2D eigenvalue weighted by molar-refractivity contribution is 0.0479. The molecule has 1 aliphatic heterocycles. The van der Waals surface area contributed by atoms with Crippen molar-refractivity contribution in [1.82, 2.24) is 0 Å². The van der Waals surface area contributed by atoms with Gasteiger partial charge in [-0.05, 0) is 39.7 Å². The molecule has 3 rings (SSSR count). The van der Waals surface area contributed by atoms with Crippen LogP contribution >= 0.6 is 27.3 Å². The predicted molar refractivity (Wildman–Crippen MR) is 81.2 cm³/mol. The van der Waals surface area contributed by atoms with Crippen molar-refractivity contribution in [3.05, 3.63) is 44.6 Å². The third-order valence-corrected chi connectivity index (χ3v) is 4.79. The first-order valence-electron chi connectivity index (χ1n) is 6.20. The fourth-order valence-corrected chi connectivity index (χ4v) is 3.50. The minimum absolute atomic E-state index is 0.0864. The summed E-state index contributed by atoms with van der Waals surface area (Å²) in [6.07, 6.45) is -0.0864. The van der Waals surface area contributed by atoms with Gasteiger partial charge in [-0.15, -0.1) is 11.3 Å². The summed E-state index contributed by atoms with van der Waals surface area (Å²) in [5.41, 5.74) is 6.83. The summed E-state index contributed by atoms with van der Waals surface area (Å²) in [6.45, 7) is 1.24. The van der Waals surface area contributed by atoms with Crippen molar-refractivity contribution < 1.29 is 14.2 Å². The molecular weight excluding hydrogens is 342 g/mol. The second-order valence-electron chi connectivity index (χ2n) is 4.39. The van der Waals surface area contributed by atoms with Gasteiger partial charge in [0.1, 0.15) is 6.10 Å². The number of rotatable bonds is 5. The van der Waals surface area contributed by atoms with Crippen LogP contribution in [0.5, 0.6) is 11.5 Å². The van der Waals surface area contributed by atoms with E-state index in [-0.39, 0.29) is 12.9 Å². The first-order chi connectivity index (χ1) is 9.76. The van der Waals surface area contributed by atoms with E-state index in [2.05, 4.69) is 15.9 Å². The summed E-state index contributed by atoms with van der Waals surface area (Å²) >= 11 is 5.08. The third kappa shape index (κ3) is 2.98. The smallest absolute Gasteiger partial charge is 0.231 e. The minimum Gasteiger partial charge on any atom is -0.454 e. The van der Waals surface area contributed by atoms with Gasteiger partial charge < -0.3 is 19.9 Å². The highest BCUT2D eigenvalue weighted by Gasteiger charge is 2.15. The number of thiophene rings is 1. The van der Waals surface area contributed by atoms with Gasteiger partial charge in [-0.3, -0.25) is 0 Å². The molecule has 1 aromatic carbocycles. The molecule has 0 spiro atoms. The summed E-state index contributed by atoms with van der Waals surface area (Å²) in [5, 5.41) is 2.03. The van der Waals surface area contributed by atoms with Crippen molar-refractivity contribution in [1.29, 1.82) is 0 Å². The average Bonchev–Trinajstić information content (AvgIpc) is 3.08. The molecule has 0 saturated heterocycles. The van der Waals surface area contributed by atoms with Gasteiger partial charge >= 0.3 is 0 Å². The van der Waals surface area contributed by atoms with Crippen LogP contribution in [0.15, 0.2) is 34.1 Å². The van der Waals surface area contributed by atoms with Crippen molar-refractivity contribution in [3.63, 3.8) is 0 Å². The summed E-state index contributed by atoms with van der Waals surface area (Å²) in [4.78, 5) is 1.13. The zero-order valence-corrected chi connectivity index (χ0v) is 13.1. The van der Waals surface area contributed by atoms with Gasteiger partial charge in [-0.1, -0.05) is 6.07 Å². The van der Waals surface area contributed by atoms with Gasteiger partial charge in [-0.25, -0.2) is 0 Å². The summed E-state index contributed by atoms with van der Waals surface area (Å²) in [6, 6.07) is 7.87. The van der Waals surface area contributed by atoms with Gasteiger partial charge in [-0.2, -0.15) is 0 Å². The van der Waals surface area contributed by atoms with Crippen molar-refractivity contribution in [2.24, 2.45) is 5.73 Å². The fraction of sp³-hybridized carbons (Fsp3) is 0.286. The normalized spacial score (nSPS) is 14.5. The Balaban J connectivity index is 1.66. The topological polar surface area (TPSA) is 53.7 Å². The van der Waals surface area contributed by atoms with Crippen molar-refractivity contribution in [3.8, 4) is 11.5 Å². The summed E-state index contributed by atoms with van der Waals surface area (Å²) < 4.78 is 17.6. The molecule has 0 radical (unpaired) electrons. The van der Waals surface area contributed by atoms with Crippen molar-refractivity contribution >= 4 is 27.3 Å². The molecule has 1 unspecified atom stereocenters. The van der Waals surface area contributed by atoms with Crippen LogP contribution < -0.4 is 15.2 Å². The molecule has 20 heavy (non-hydrogen) atoms. The first kappa shape index (κ1) is 13.9. The zero-order valence-electron chi connectivity index (χ0n) is 10.7. The third-order valence-electron chi connectivity index (χ3n) is 3.01. The molecular formula is C14H14BrNO3S. The molecule has 2 heterocycles. The molecule has 0 bridgehead atoms. The minimum atomic E-state index is -0.0864. The Bertz CT molecular complexity index is 602. The zero-order chi connectivity index (χ0) is 13.9. The SMILES string of the molecule is NCC(OCc1ccc2c(c1)OCO2)c1cc(Br)cs1. The monoisotopic (exact) mass is 355 g/mol. The van der Waals surface area contributed by atoms with Crippen LogP contribution in [-0.4, -0.2) is 13.3 Å². The van der Waals surface area contributed by atoms with Gasteiger partial charge in [0.15, 0.2) is 11.5 Å². The van der Waals surface area contributed by atoms with Gasteiger partial charge in [0.05, 0.1) is 6.61 Å². The van der Waals surface area contributed by atoms with E-state index in [9.17, 15) is 0 Å². The highest BCUT2D eigenvalue weighted by molar-refractivity contribution is 9.10. The quantitative estimate of drug-likeness (QED) is 0.892. The van der Waals surface area contributed by atoms with E-state index in [1.807, 2.05) is 29.6 Å². The Morgan fingerprint density at radius 1 is 1.30 bits per heavy atom. The summed E-state index contributed by atoms with van der Waals surface area (Å²) in [5.74, 6) is 1.56. The van der Waals surface area contributed by atoms with Crippen LogP contribution in [0.2, 0.25) is 0 Å². The van der Waals surface area contributed by atoms with E-state index in [1.165, 1.54) is 0 Å². The molecule has 0 saturated carbocycles. The molecule has 1 atom stereocenters.